The highest BCUT2D eigenvalue weighted by molar-refractivity contribution is 6.30. The van der Waals surface area contributed by atoms with E-state index in [1.165, 1.54) is 0 Å². The Labute approximate surface area is 143 Å². The Hall–Kier alpha value is -2.48. The van der Waals surface area contributed by atoms with Crippen LogP contribution in [-0.4, -0.2) is 56.1 Å². The normalized spacial score (nSPS) is 15.8. The summed E-state index contributed by atoms with van der Waals surface area (Å²) in [6, 6.07) is 0.390. The van der Waals surface area contributed by atoms with Gasteiger partial charge in [0.25, 0.3) is 0 Å². The predicted molar refractivity (Wildman–Crippen MR) is 92.4 cm³/mol. The van der Waals surface area contributed by atoms with Gasteiger partial charge in [0.2, 0.25) is 5.95 Å². The lowest BCUT2D eigenvalue weighted by Gasteiger charge is -2.37. The van der Waals surface area contributed by atoms with Crippen molar-refractivity contribution in [2.24, 2.45) is 0 Å². The third-order valence-electron chi connectivity index (χ3n) is 4.44. The van der Waals surface area contributed by atoms with Gasteiger partial charge in [0, 0.05) is 26.2 Å². The van der Waals surface area contributed by atoms with Crippen molar-refractivity contribution in [1.29, 1.82) is 0 Å². The molecule has 0 amide bonds. The van der Waals surface area contributed by atoms with Crippen LogP contribution in [0.15, 0.2) is 25.0 Å². The number of aromatic amines is 1. The van der Waals surface area contributed by atoms with E-state index in [9.17, 15) is 0 Å². The number of nitrogens with one attached hydrogen (secondary N) is 1. The molecule has 9 heteroatoms. The van der Waals surface area contributed by atoms with Gasteiger partial charge >= 0.3 is 0 Å². The first-order valence-electron chi connectivity index (χ1n) is 7.82. The van der Waals surface area contributed by atoms with Crippen LogP contribution in [0.5, 0.6) is 0 Å². The van der Waals surface area contributed by atoms with Gasteiger partial charge in [-0.05, 0) is 12.8 Å². The third-order valence-corrected chi connectivity index (χ3v) is 4.63. The van der Waals surface area contributed by atoms with Crippen LogP contribution in [0.2, 0.25) is 5.02 Å². The summed E-state index contributed by atoms with van der Waals surface area (Å²) in [6.07, 6.45) is 8.49. The summed E-state index contributed by atoms with van der Waals surface area (Å²) in [5, 5.41) is 0.550. The fourth-order valence-electron chi connectivity index (χ4n) is 3.11. The Balaban J connectivity index is 1.47. The van der Waals surface area contributed by atoms with E-state index < -0.39 is 0 Å². The first-order chi connectivity index (χ1) is 11.7. The number of H-pyrrole nitrogens is 1. The van der Waals surface area contributed by atoms with Crippen LogP contribution in [0.3, 0.4) is 0 Å². The van der Waals surface area contributed by atoms with Crippen molar-refractivity contribution >= 4 is 34.5 Å². The predicted octanol–water partition coefficient (Wildman–Crippen LogP) is 1.90. The summed E-state index contributed by atoms with van der Waals surface area (Å²) in [5.41, 5.74) is 1.60. The molecule has 1 aliphatic heterocycles. The number of hydrogen-bond acceptors (Lipinski definition) is 7. The molecule has 0 aliphatic carbocycles. The zero-order valence-corrected chi connectivity index (χ0v) is 14.0. The number of hydrogen-bond donors (Lipinski definition) is 1. The average Bonchev–Trinajstić information content (AvgIpc) is 3.11. The van der Waals surface area contributed by atoms with Gasteiger partial charge in [-0.2, -0.15) is 0 Å². The van der Waals surface area contributed by atoms with Crippen molar-refractivity contribution in [2.45, 2.75) is 18.9 Å². The standard InChI is InChI=1S/C15H17ClN8/c1-23(15-17-6-10(16)7-18-15)11-2-4-24(5-3-11)14-12-13(20-8-19-12)21-9-22-14/h6-9,11H,2-5H2,1H3,(H,19,20,21,22). The zero-order chi connectivity index (χ0) is 16.5. The van der Waals surface area contributed by atoms with Crippen molar-refractivity contribution in [3.05, 3.63) is 30.1 Å². The zero-order valence-electron chi connectivity index (χ0n) is 13.2. The van der Waals surface area contributed by atoms with E-state index in [-0.39, 0.29) is 0 Å². The molecule has 3 aromatic rings. The molecule has 124 valence electrons. The summed E-state index contributed by atoms with van der Waals surface area (Å²) in [5.74, 6) is 1.62. The molecule has 3 aromatic heterocycles. The molecule has 4 heterocycles. The molecule has 1 N–H and O–H groups in total. The Morgan fingerprint density at radius 2 is 1.88 bits per heavy atom. The van der Waals surface area contributed by atoms with Crippen LogP contribution >= 0.6 is 11.6 Å². The van der Waals surface area contributed by atoms with Gasteiger partial charge < -0.3 is 14.8 Å². The number of imidazole rings is 1. The number of piperidine rings is 1. The molecule has 0 atom stereocenters. The second-order valence-corrected chi connectivity index (χ2v) is 6.27. The molecule has 0 bridgehead atoms. The molecule has 4 rings (SSSR count). The van der Waals surface area contributed by atoms with E-state index in [1.807, 2.05) is 7.05 Å². The molecular formula is C15H17ClN8. The average molecular weight is 345 g/mol. The van der Waals surface area contributed by atoms with Crippen molar-refractivity contribution < 1.29 is 0 Å². The maximum Gasteiger partial charge on any atom is 0.225 e. The highest BCUT2D eigenvalue weighted by atomic mass is 35.5. The summed E-state index contributed by atoms with van der Waals surface area (Å²) in [4.78, 5) is 28.9. The molecular weight excluding hydrogens is 328 g/mol. The Bertz CT molecular complexity index is 825. The topological polar surface area (TPSA) is 86.7 Å². The number of fused-ring (bicyclic) bond motifs is 1. The number of nitrogens with zero attached hydrogens (tertiary/aromatic N) is 7. The van der Waals surface area contributed by atoms with E-state index in [2.05, 4.69) is 39.7 Å². The van der Waals surface area contributed by atoms with Gasteiger partial charge in [-0.25, -0.2) is 24.9 Å². The Kier molecular flexibility index (Phi) is 3.89. The van der Waals surface area contributed by atoms with Gasteiger partial charge in [0.1, 0.15) is 11.8 Å². The first kappa shape index (κ1) is 15.1. The van der Waals surface area contributed by atoms with Gasteiger partial charge in [-0.15, -0.1) is 0 Å². The van der Waals surface area contributed by atoms with Crippen LogP contribution in [0.1, 0.15) is 12.8 Å². The summed E-state index contributed by atoms with van der Waals surface area (Å²) >= 11 is 5.86. The highest BCUT2D eigenvalue weighted by Crippen LogP contribution is 2.25. The molecule has 1 saturated heterocycles. The minimum Gasteiger partial charge on any atom is -0.355 e. The van der Waals surface area contributed by atoms with E-state index in [0.717, 1.165) is 37.3 Å². The first-order valence-corrected chi connectivity index (χ1v) is 8.19. The molecule has 1 aliphatic rings. The van der Waals surface area contributed by atoms with Crippen LogP contribution in [-0.2, 0) is 0 Å². The second-order valence-electron chi connectivity index (χ2n) is 5.83. The van der Waals surface area contributed by atoms with Crippen LogP contribution in [0.25, 0.3) is 11.2 Å². The van der Waals surface area contributed by atoms with E-state index in [1.54, 1.807) is 25.0 Å². The monoisotopic (exact) mass is 344 g/mol. The number of aromatic nitrogens is 6. The van der Waals surface area contributed by atoms with Crippen molar-refractivity contribution in [2.75, 3.05) is 29.9 Å². The third kappa shape index (κ3) is 2.73. The highest BCUT2D eigenvalue weighted by Gasteiger charge is 2.25. The van der Waals surface area contributed by atoms with Gasteiger partial charge in [0.15, 0.2) is 11.5 Å². The van der Waals surface area contributed by atoms with Crippen LogP contribution < -0.4 is 9.80 Å². The Morgan fingerprint density at radius 3 is 2.62 bits per heavy atom. The molecule has 0 unspecified atom stereocenters. The summed E-state index contributed by atoms with van der Waals surface area (Å²) in [7, 11) is 2.03. The minimum absolute atomic E-state index is 0.390. The fourth-order valence-corrected chi connectivity index (χ4v) is 3.21. The molecule has 8 nitrogen and oxygen atoms in total. The maximum absolute atomic E-state index is 5.86. The van der Waals surface area contributed by atoms with Crippen LogP contribution in [0, 0.1) is 0 Å². The lowest BCUT2D eigenvalue weighted by molar-refractivity contribution is 0.476. The van der Waals surface area contributed by atoms with Crippen molar-refractivity contribution in [3.63, 3.8) is 0 Å². The largest absolute Gasteiger partial charge is 0.355 e. The smallest absolute Gasteiger partial charge is 0.225 e. The molecule has 0 saturated carbocycles. The van der Waals surface area contributed by atoms with Crippen molar-refractivity contribution in [3.8, 4) is 0 Å². The SMILES string of the molecule is CN(c1ncc(Cl)cn1)C1CCN(c2ncnc3nc[nH]c23)CC1. The fraction of sp³-hybridized carbons (Fsp3) is 0.400. The van der Waals surface area contributed by atoms with E-state index in [4.69, 9.17) is 11.6 Å². The second kappa shape index (κ2) is 6.20. The Morgan fingerprint density at radius 1 is 1.12 bits per heavy atom. The van der Waals surface area contributed by atoms with Crippen molar-refractivity contribution in [1.82, 2.24) is 29.9 Å². The number of rotatable bonds is 3. The number of halogens is 1. The maximum atomic E-state index is 5.86. The molecule has 0 spiro atoms. The molecule has 24 heavy (non-hydrogen) atoms. The summed E-state index contributed by atoms with van der Waals surface area (Å²) < 4.78 is 0. The lowest BCUT2D eigenvalue weighted by atomic mass is 10.0. The quantitative estimate of drug-likeness (QED) is 0.776. The summed E-state index contributed by atoms with van der Waals surface area (Å²) in [6.45, 7) is 1.82. The molecule has 0 radical (unpaired) electrons. The minimum atomic E-state index is 0.390. The van der Waals surface area contributed by atoms with E-state index >= 15 is 0 Å². The number of anilines is 2. The van der Waals surface area contributed by atoms with Crippen LogP contribution in [0.4, 0.5) is 11.8 Å². The van der Waals surface area contributed by atoms with Gasteiger partial charge in [0.05, 0.1) is 23.7 Å². The lowest BCUT2D eigenvalue weighted by Crippen LogP contribution is -2.44. The van der Waals surface area contributed by atoms with Gasteiger partial charge in [-0.3, -0.25) is 0 Å². The molecule has 0 aromatic carbocycles. The molecule has 1 fully saturated rings. The van der Waals surface area contributed by atoms with Gasteiger partial charge in [-0.1, -0.05) is 11.6 Å². The van der Waals surface area contributed by atoms with E-state index in [0.29, 0.717) is 22.7 Å².